The lowest BCUT2D eigenvalue weighted by Gasteiger charge is -2.34. The molecule has 1 saturated heterocycles. The first-order valence-electron chi connectivity index (χ1n) is 7.16. The molecule has 7 heteroatoms. The summed E-state index contributed by atoms with van der Waals surface area (Å²) in [6, 6.07) is 6.37. The van der Waals surface area contributed by atoms with Crippen LogP contribution in [0, 0.1) is 0 Å². The third-order valence-corrected chi connectivity index (χ3v) is 6.91. The molecule has 114 valence electrons. The second kappa shape index (κ2) is 5.01. The SMILES string of the molecule is O=S(=O)(c1ccccc1Cl)N1C2CCC1c1cncnc1C2. The van der Waals surface area contributed by atoms with Crippen molar-refractivity contribution < 1.29 is 8.42 Å². The molecule has 4 rings (SSSR count). The largest absolute Gasteiger partial charge is 0.245 e. The predicted molar refractivity (Wildman–Crippen MR) is 82.0 cm³/mol. The van der Waals surface area contributed by atoms with Crippen LogP contribution in [0.4, 0.5) is 0 Å². The van der Waals surface area contributed by atoms with Gasteiger partial charge in [-0.15, -0.1) is 0 Å². The van der Waals surface area contributed by atoms with Crippen LogP contribution in [0.5, 0.6) is 0 Å². The van der Waals surface area contributed by atoms with Gasteiger partial charge in [-0.1, -0.05) is 23.7 Å². The van der Waals surface area contributed by atoms with Crippen LogP contribution in [0.15, 0.2) is 41.7 Å². The Kier molecular flexibility index (Phi) is 3.21. The van der Waals surface area contributed by atoms with Crippen molar-refractivity contribution in [3.63, 3.8) is 0 Å². The zero-order valence-corrected chi connectivity index (χ0v) is 13.3. The van der Waals surface area contributed by atoms with Crippen molar-refractivity contribution in [3.8, 4) is 0 Å². The summed E-state index contributed by atoms with van der Waals surface area (Å²) in [5, 5.41) is 0.261. The first-order chi connectivity index (χ1) is 10.6. The Balaban J connectivity index is 1.83. The highest BCUT2D eigenvalue weighted by Crippen LogP contribution is 2.46. The molecule has 0 spiro atoms. The number of aromatic nitrogens is 2. The Morgan fingerprint density at radius 2 is 2.05 bits per heavy atom. The van der Waals surface area contributed by atoms with E-state index in [1.54, 1.807) is 34.8 Å². The van der Waals surface area contributed by atoms with Crippen LogP contribution < -0.4 is 0 Å². The van der Waals surface area contributed by atoms with Crippen molar-refractivity contribution in [3.05, 3.63) is 53.1 Å². The number of hydrogen-bond donors (Lipinski definition) is 0. The molecule has 3 heterocycles. The summed E-state index contributed by atoms with van der Waals surface area (Å²) in [6.45, 7) is 0. The summed E-state index contributed by atoms with van der Waals surface area (Å²) in [6.07, 6.45) is 5.54. The first-order valence-corrected chi connectivity index (χ1v) is 8.97. The Morgan fingerprint density at radius 3 is 2.86 bits per heavy atom. The van der Waals surface area contributed by atoms with E-state index in [0.717, 1.165) is 24.1 Å². The van der Waals surface area contributed by atoms with Crippen LogP contribution in [0.3, 0.4) is 0 Å². The lowest BCUT2D eigenvalue weighted by Crippen LogP contribution is -2.42. The summed E-state index contributed by atoms with van der Waals surface area (Å²) < 4.78 is 27.8. The van der Waals surface area contributed by atoms with E-state index in [4.69, 9.17) is 11.6 Å². The lowest BCUT2D eigenvalue weighted by molar-refractivity contribution is 0.300. The van der Waals surface area contributed by atoms with Crippen LogP contribution in [0.25, 0.3) is 0 Å². The van der Waals surface area contributed by atoms with E-state index in [0.29, 0.717) is 6.42 Å². The topological polar surface area (TPSA) is 63.2 Å². The predicted octanol–water partition coefficient (Wildman–Crippen LogP) is 2.58. The first kappa shape index (κ1) is 14.1. The van der Waals surface area contributed by atoms with Gasteiger partial charge in [-0.05, 0) is 25.0 Å². The lowest BCUT2D eigenvalue weighted by atomic mass is 10.0. The minimum Gasteiger partial charge on any atom is -0.244 e. The van der Waals surface area contributed by atoms with Gasteiger partial charge in [0, 0.05) is 24.2 Å². The van der Waals surface area contributed by atoms with Gasteiger partial charge in [-0.25, -0.2) is 18.4 Å². The average Bonchev–Trinajstić information content (AvgIpc) is 2.84. The fourth-order valence-electron chi connectivity index (χ4n) is 3.51. The maximum absolute atomic E-state index is 13.1. The Hall–Kier alpha value is -1.50. The van der Waals surface area contributed by atoms with Crippen molar-refractivity contribution in [2.24, 2.45) is 0 Å². The number of sulfonamides is 1. The summed E-state index contributed by atoms with van der Waals surface area (Å²) in [7, 11) is -3.63. The molecular weight excluding hydrogens is 322 g/mol. The number of fused-ring (bicyclic) bond motifs is 4. The van der Waals surface area contributed by atoms with Gasteiger partial charge in [-0.2, -0.15) is 4.31 Å². The molecule has 0 saturated carbocycles. The molecule has 0 aliphatic carbocycles. The Morgan fingerprint density at radius 1 is 1.23 bits per heavy atom. The molecule has 2 atom stereocenters. The van der Waals surface area contributed by atoms with Gasteiger partial charge in [0.15, 0.2) is 0 Å². The van der Waals surface area contributed by atoms with Crippen molar-refractivity contribution in [2.45, 2.75) is 36.2 Å². The summed E-state index contributed by atoms with van der Waals surface area (Å²) in [4.78, 5) is 8.55. The van der Waals surface area contributed by atoms with Crippen molar-refractivity contribution in [1.29, 1.82) is 0 Å². The minimum absolute atomic E-state index is 0.0475. The number of benzene rings is 1. The maximum Gasteiger partial charge on any atom is 0.245 e. The van der Waals surface area contributed by atoms with Gasteiger partial charge in [0.25, 0.3) is 0 Å². The van der Waals surface area contributed by atoms with Crippen LogP contribution in [-0.4, -0.2) is 28.7 Å². The second-order valence-electron chi connectivity index (χ2n) is 5.64. The normalized spacial score (nSPS) is 24.2. The van der Waals surface area contributed by atoms with E-state index < -0.39 is 10.0 Å². The number of hydrogen-bond acceptors (Lipinski definition) is 4. The molecule has 2 aliphatic heterocycles. The highest BCUT2D eigenvalue weighted by Gasteiger charge is 2.47. The molecule has 1 aromatic heterocycles. The van der Waals surface area contributed by atoms with Crippen molar-refractivity contribution in [2.75, 3.05) is 0 Å². The second-order valence-corrected chi connectivity index (χ2v) is 7.86. The van der Waals surface area contributed by atoms with Gasteiger partial charge in [0.2, 0.25) is 10.0 Å². The van der Waals surface area contributed by atoms with E-state index in [2.05, 4.69) is 9.97 Å². The van der Waals surface area contributed by atoms with Crippen LogP contribution in [0.1, 0.15) is 30.1 Å². The highest BCUT2D eigenvalue weighted by atomic mass is 35.5. The fraction of sp³-hybridized carbons (Fsp3) is 0.333. The molecule has 2 unspecified atom stereocenters. The molecule has 2 bridgehead atoms. The zero-order valence-electron chi connectivity index (χ0n) is 11.7. The smallest absolute Gasteiger partial charge is 0.244 e. The van der Waals surface area contributed by atoms with Gasteiger partial charge < -0.3 is 0 Å². The Bertz CT molecular complexity index is 840. The summed E-state index contributed by atoms with van der Waals surface area (Å²) in [5.74, 6) is 0. The molecule has 1 fully saturated rings. The fourth-order valence-corrected chi connectivity index (χ4v) is 5.86. The van der Waals surface area contributed by atoms with E-state index in [9.17, 15) is 8.42 Å². The molecule has 0 N–H and O–H groups in total. The van der Waals surface area contributed by atoms with Crippen LogP contribution >= 0.6 is 11.6 Å². The van der Waals surface area contributed by atoms with E-state index in [1.165, 1.54) is 6.33 Å². The number of rotatable bonds is 2. The molecular formula is C15H14ClN3O2S. The molecule has 0 amide bonds. The summed E-state index contributed by atoms with van der Waals surface area (Å²) in [5.41, 5.74) is 1.89. The van der Waals surface area contributed by atoms with E-state index >= 15 is 0 Å². The Labute approximate surface area is 134 Å². The van der Waals surface area contributed by atoms with E-state index in [-0.39, 0.29) is 22.0 Å². The zero-order chi connectivity index (χ0) is 15.3. The molecule has 22 heavy (non-hydrogen) atoms. The highest BCUT2D eigenvalue weighted by molar-refractivity contribution is 7.89. The quantitative estimate of drug-likeness (QED) is 0.846. The summed E-state index contributed by atoms with van der Waals surface area (Å²) >= 11 is 6.11. The van der Waals surface area contributed by atoms with Gasteiger partial charge in [-0.3, -0.25) is 0 Å². The van der Waals surface area contributed by atoms with Crippen LogP contribution in [-0.2, 0) is 16.4 Å². The molecule has 2 aliphatic rings. The van der Waals surface area contributed by atoms with Crippen molar-refractivity contribution >= 4 is 21.6 Å². The van der Waals surface area contributed by atoms with Gasteiger partial charge >= 0.3 is 0 Å². The third kappa shape index (κ3) is 1.98. The maximum atomic E-state index is 13.1. The molecule has 2 aromatic rings. The van der Waals surface area contributed by atoms with Crippen molar-refractivity contribution in [1.82, 2.24) is 14.3 Å². The van der Waals surface area contributed by atoms with Gasteiger partial charge in [0.05, 0.1) is 16.8 Å². The molecule has 5 nitrogen and oxygen atoms in total. The molecule has 1 aromatic carbocycles. The van der Waals surface area contributed by atoms with E-state index in [1.807, 2.05) is 0 Å². The minimum atomic E-state index is -3.63. The molecule has 0 radical (unpaired) electrons. The monoisotopic (exact) mass is 335 g/mol. The standard InChI is InChI=1S/C15H14ClN3O2S/c16-12-3-1-2-4-15(12)22(20,21)19-10-5-6-14(19)11-8-17-9-18-13(11)7-10/h1-4,8-10,14H,5-7H2. The van der Waals surface area contributed by atoms with Gasteiger partial charge in [0.1, 0.15) is 11.2 Å². The number of nitrogens with zero attached hydrogens (tertiary/aromatic N) is 3. The van der Waals surface area contributed by atoms with Crippen LogP contribution in [0.2, 0.25) is 5.02 Å². The number of halogens is 1. The third-order valence-electron chi connectivity index (χ3n) is 4.45. The average molecular weight is 336 g/mol.